The maximum atomic E-state index is 10.5. The van der Waals surface area contributed by atoms with Gasteiger partial charge in [0.2, 0.25) is 0 Å². The Labute approximate surface area is 55.5 Å². The second-order valence-electron chi connectivity index (χ2n) is 1.48. The minimum absolute atomic E-state index is 0.197. The smallest absolute Gasteiger partial charge is 0.309 e. The van der Waals surface area contributed by atoms with Crippen LogP contribution in [0.2, 0.25) is 0 Å². The van der Waals surface area contributed by atoms with Gasteiger partial charge in [-0.25, -0.2) is 0 Å². The van der Waals surface area contributed by atoms with Crippen molar-refractivity contribution in [2.75, 3.05) is 6.61 Å². The van der Waals surface area contributed by atoms with E-state index in [9.17, 15) is 4.79 Å². The molecule has 0 spiro atoms. The normalized spacial score (nSPS) is 10.0. The van der Waals surface area contributed by atoms with Crippen molar-refractivity contribution in [3.05, 3.63) is 19.1 Å². The van der Waals surface area contributed by atoms with Crippen LogP contribution in [0.4, 0.5) is 0 Å². The maximum Gasteiger partial charge on any atom is 0.309 e. The first-order valence-corrected chi connectivity index (χ1v) is 2.91. The van der Waals surface area contributed by atoms with E-state index in [0.29, 0.717) is 13.0 Å². The lowest BCUT2D eigenvalue weighted by atomic mass is 10.4. The first-order valence-electron chi connectivity index (χ1n) is 2.91. The van der Waals surface area contributed by atoms with Gasteiger partial charge in [-0.15, -0.1) is 0 Å². The van der Waals surface area contributed by atoms with Crippen molar-refractivity contribution in [2.45, 2.75) is 13.3 Å². The van der Waals surface area contributed by atoms with Gasteiger partial charge in [0.1, 0.15) is 0 Å². The van der Waals surface area contributed by atoms with Gasteiger partial charge in [-0.2, -0.15) is 0 Å². The summed E-state index contributed by atoms with van der Waals surface area (Å²) in [4.78, 5) is 10.5. The van der Waals surface area contributed by atoms with Gasteiger partial charge in [0.25, 0.3) is 0 Å². The molecule has 0 heterocycles. The molecule has 0 rings (SSSR count). The third kappa shape index (κ3) is 5.07. The van der Waals surface area contributed by atoms with E-state index in [1.54, 1.807) is 19.1 Å². The fourth-order valence-electron chi connectivity index (χ4n) is 0.399. The van der Waals surface area contributed by atoms with Gasteiger partial charge in [0, 0.05) is 0 Å². The summed E-state index contributed by atoms with van der Waals surface area (Å²) in [6.45, 7) is 5.66. The van der Waals surface area contributed by atoms with Crippen molar-refractivity contribution in [2.24, 2.45) is 0 Å². The molecule has 0 bridgehead atoms. The summed E-state index contributed by atoms with van der Waals surface area (Å²) in [5.74, 6) is -0.197. The summed E-state index contributed by atoms with van der Waals surface area (Å²) >= 11 is 0. The number of hydrogen-bond acceptors (Lipinski definition) is 2. The van der Waals surface area contributed by atoms with Crippen LogP contribution in [0, 0.1) is 6.92 Å². The van der Waals surface area contributed by atoms with Crippen molar-refractivity contribution < 1.29 is 9.53 Å². The largest absolute Gasteiger partial charge is 0.466 e. The van der Waals surface area contributed by atoms with E-state index in [2.05, 4.69) is 11.7 Å². The molecule has 0 saturated carbocycles. The van der Waals surface area contributed by atoms with Crippen molar-refractivity contribution in [3.8, 4) is 0 Å². The molecule has 0 aromatic carbocycles. The van der Waals surface area contributed by atoms with Crippen LogP contribution in [-0.2, 0) is 9.53 Å². The number of carbonyl (C=O) groups excluding carboxylic acids is 1. The lowest BCUT2D eigenvalue weighted by molar-refractivity contribution is -0.142. The van der Waals surface area contributed by atoms with Crippen LogP contribution in [0.15, 0.2) is 12.2 Å². The highest BCUT2D eigenvalue weighted by molar-refractivity contribution is 5.71. The molecular weight excluding hydrogens is 116 g/mol. The molecule has 0 fully saturated rings. The zero-order valence-electron chi connectivity index (χ0n) is 5.59. The monoisotopic (exact) mass is 127 g/mol. The molecular formula is C7H11O2. The zero-order chi connectivity index (χ0) is 7.11. The van der Waals surface area contributed by atoms with Crippen LogP contribution in [-0.4, -0.2) is 12.6 Å². The molecule has 1 radical (unpaired) electrons. The van der Waals surface area contributed by atoms with Crippen LogP contribution in [0.25, 0.3) is 0 Å². The molecule has 9 heavy (non-hydrogen) atoms. The second-order valence-corrected chi connectivity index (χ2v) is 1.48. The van der Waals surface area contributed by atoms with E-state index in [1.807, 2.05) is 0 Å². The molecule has 2 nitrogen and oxygen atoms in total. The number of hydrogen-bond donors (Lipinski definition) is 0. The zero-order valence-corrected chi connectivity index (χ0v) is 5.59. The minimum atomic E-state index is -0.197. The Morgan fingerprint density at radius 2 is 2.44 bits per heavy atom. The Kier molecular flexibility index (Phi) is 4.88. The summed E-state index contributed by atoms with van der Waals surface area (Å²) < 4.78 is 4.63. The molecule has 0 aromatic rings. The quantitative estimate of drug-likeness (QED) is 0.534. The van der Waals surface area contributed by atoms with Crippen LogP contribution in [0.1, 0.15) is 13.3 Å². The molecule has 0 amide bonds. The SMILES string of the molecule is [CH2]C=CCC(=O)OCC. The lowest BCUT2D eigenvalue weighted by Crippen LogP contribution is -2.01. The van der Waals surface area contributed by atoms with Crippen molar-refractivity contribution in [1.29, 1.82) is 0 Å². The molecule has 0 atom stereocenters. The van der Waals surface area contributed by atoms with Gasteiger partial charge in [-0.3, -0.25) is 4.79 Å². The summed E-state index contributed by atoms with van der Waals surface area (Å²) in [5.41, 5.74) is 0. The van der Waals surface area contributed by atoms with E-state index in [-0.39, 0.29) is 5.97 Å². The number of rotatable bonds is 3. The molecule has 0 N–H and O–H groups in total. The molecule has 0 saturated heterocycles. The summed E-state index contributed by atoms with van der Waals surface area (Å²) in [6.07, 6.45) is 3.58. The fourth-order valence-corrected chi connectivity index (χ4v) is 0.399. The Balaban J connectivity index is 3.27. The molecule has 2 heteroatoms. The van der Waals surface area contributed by atoms with E-state index >= 15 is 0 Å². The molecule has 51 valence electrons. The predicted octanol–water partition coefficient (Wildman–Crippen LogP) is 1.33. The minimum Gasteiger partial charge on any atom is -0.466 e. The van der Waals surface area contributed by atoms with Gasteiger partial charge in [0.15, 0.2) is 0 Å². The summed E-state index contributed by atoms with van der Waals surface area (Å²) in [5, 5.41) is 0. The average molecular weight is 127 g/mol. The van der Waals surface area contributed by atoms with Gasteiger partial charge in [0.05, 0.1) is 13.0 Å². The van der Waals surface area contributed by atoms with Crippen LogP contribution in [0.3, 0.4) is 0 Å². The maximum absolute atomic E-state index is 10.5. The standard InChI is InChI=1S/C7H11O2/c1-3-5-6-7(8)9-4-2/h3,5H,1,4,6H2,2H3. The predicted molar refractivity (Wildman–Crippen MR) is 35.7 cm³/mol. The van der Waals surface area contributed by atoms with Crippen LogP contribution >= 0.6 is 0 Å². The Hall–Kier alpha value is -0.790. The number of allylic oxidation sites excluding steroid dienone is 1. The molecule has 0 aliphatic heterocycles. The second kappa shape index (κ2) is 5.35. The molecule has 0 aromatic heterocycles. The first-order chi connectivity index (χ1) is 4.31. The van der Waals surface area contributed by atoms with Crippen molar-refractivity contribution in [3.63, 3.8) is 0 Å². The summed E-state index contributed by atoms with van der Waals surface area (Å²) in [6, 6.07) is 0. The number of ether oxygens (including phenoxy) is 1. The highest BCUT2D eigenvalue weighted by atomic mass is 16.5. The number of carbonyl (C=O) groups is 1. The summed E-state index contributed by atoms with van der Waals surface area (Å²) in [7, 11) is 0. The highest BCUT2D eigenvalue weighted by Crippen LogP contribution is 1.86. The van der Waals surface area contributed by atoms with E-state index in [0.717, 1.165) is 0 Å². The van der Waals surface area contributed by atoms with Crippen molar-refractivity contribution >= 4 is 5.97 Å². The van der Waals surface area contributed by atoms with Crippen LogP contribution in [0.5, 0.6) is 0 Å². The lowest BCUT2D eigenvalue weighted by Gasteiger charge is -1.95. The van der Waals surface area contributed by atoms with Gasteiger partial charge in [-0.05, 0) is 13.8 Å². The molecule has 0 unspecified atom stereocenters. The average Bonchev–Trinajstić information content (AvgIpc) is 1.85. The van der Waals surface area contributed by atoms with E-state index in [1.165, 1.54) is 0 Å². The third-order valence-electron chi connectivity index (χ3n) is 0.757. The molecule has 0 aliphatic rings. The topological polar surface area (TPSA) is 26.3 Å². The van der Waals surface area contributed by atoms with Crippen LogP contribution < -0.4 is 0 Å². The Bertz CT molecular complexity index is 105. The van der Waals surface area contributed by atoms with Gasteiger partial charge in [-0.1, -0.05) is 12.2 Å². The Morgan fingerprint density at radius 3 is 2.89 bits per heavy atom. The fraction of sp³-hybridized carbons (Fsp3) is 0.429. The third-order valence-corrected chi connectivity index (χ3v) is 0.757. The van der Waals surface area contributed by atoms with E-state index in [4.69, 9.17) is 0 Å². The Morgan fingerprint density at radius 1 is 1.78 bits per heavy atom. The van der Waals surface area contributed by atoms with Crippen molar-refractivity contribution in [1.82, 2.24) is 0 Å². The number of esters is 1. The van der Waals surface area contributed by atoms with Gasteiger partial charge >= 0.3 is 5.97 Å². The van der Waals surface area contributed by atoms with E-state index < -0.39 is 0 Å². The molecule has 0 aliphatic carbocycles. The highest BCUT2D eigenvalue weighted by Gasteiger charge is 1.94. The first kappa shape index (κ1) is 8.21. The van der Waals surface area contributed by atoms with Gasteiger partial charge < -0.3 is 4.74 Å².